The minimum Gasteiger partial charge on any atom is -0.501 e. The molecule has 0 spiro atoms. The van der Waals surface area contributed by atoms with Crippen LogP contribution in [0.3, 0.4) is 0 Å². The van der Waals surface area contributed by atoms with Crippen molar-refractivity contribution >= 4 is 12.8 Å². The van der Waals surface area contributed by atoms with Crippen LogP contribution in [0.25, 0.3) is 17.2 Å². The minimum atomic E-state index is -5.04. The van der Waals surface area contributed by atoms with Crippen molar-refractivity contribution in [3.8, 4) is 11.1 Å². The minimum absolute atomic E-state index is 0.148. The van der Waals surface area contributed by atoms with E-state index >= 15 is 0 Å². The number of hydrogen-bond acceptors (Lipinski definition) is 5. The normalized spacial score (nSPS) is 12.9. The summed E-state index contributed by atoms with van der Waals surface area (Å²) in [6, 6.07) is 0. The van der Waals surface area contributed by atoms with Gasteiger partial charge in [0.1, 0.15) is 0 Å². The molecule has 29 heavy (non-hydrogen) atoms. The van der Waals surface area contributed by atoms with Crippen LogP contribution in [0.15, 0.2) is 28.0 Å². The first-order valence-corrected chi connectivity index (χ1v) is 7.90. The summed E-state index contributed by atoms with van der Waals surface area (Å²) in [5.41, 5.74) is -4.01. The van der Waals surface area contributed by atoms with Crippen molar-refractivity contribution < 1.29 is 31.1 Å². The molecule has 0 atom stereocenters. The van der Waals surface area contributed by atoms with Gasteiger partial charge in [-0.05, 0) is 6.92 Å². The Kier molecular flexibility index (Phi) is 6.18. The van der Waals surface area contributed by atoms with Gasteiger partial charge in [0.2, 0.25) is 0 Å². The van der Waals surface area contributed by atoms with Gasteiger partial charge in [-0.2, -0.15) is 41.2 Å². The lowest BCUT2D eigenvalue weighted by Gasteiger charge is -2.14. The van der Waals surface area contributed by atoms with E-state index in [0.29, 0.717) is 4.68 Å². The van der Waals surface area contributed by atoms with Crippen molar-refractivity contribution in [1.82, 2.24) is 19.4 Å². The molecule has 0 saturated carbocycles. The van der Waals surface area contributed by atoms with Crippen LogP contribution in [0.1, 0.15) is 24.9 Å². The lowest BCUT2D eigenvalue weighted by Crippen LogP contribution is -2.27. The number of methoxy groups -OCH3 is 1. The van der Waals surface area contributed by atoms with E-state index in [4.69, 9.17) is 4.74 Å². The van der Waals surface area contributed by atoms with Crippen LogP contribution >= 0.6 is 0 Å². The quantitative estimate of drug-likeness (QED) is 0.405. The Hall–Kier alpha value is -3.12. The Labute approximate surface area is 159 Å². The molecule has 0 aliphatic rings. The molecule has 2 heterocycles. The van der Waals surface area contributed by atoms with Crippen LogP contribution in [0.5, 0.6) is 0 Å². The molecule has 2 aromatic heterocycles. The first-order chi connectivity index (χ1) is 13.4. The molecule has 0 aliphatic heterocycles. The standard InChI is InChI=1S/C16H15F6N5O2/c1-9(29-3)6-11-25-13(16(20,21)22)12(14(28)27(11)23-2)10-7-24-26(8-10)5-4-15(17,18)19/h6-8H,2,4-5H2,1,3H3/b9-6+. The first-order valence-electron chi connectivity index (χ1n) is 7.90. The maximum Gasteiger partial charge on any atom is 0.434 e. The molecule has 13 heteroatoms. The fraction of sp³-hybridized carbons (Fsp3) is 0.375. The lowest BCUT2D eigenvalue weighted by atomic mass is 10.1. The number of alkyl halides is 6. The molecule has 2 aromatic rings. The van der Waals surface area contributed by atoms with Gasteiger partial charge >= 0.3 is 12.4 Å². The molecule has 0 unspecified atom stereocenters. The highest BCUT2D eigenvalue weighted by Gasteiger charge is 2.39. The van der Waals surface area contributed by atoms with Gasteiger partial charge in [-0.1, -0.05) is 0 Å². The number of aryl methyl sites for hydroxylation is 1. The van der Waals surface area contributed by atoms with Gasteiger partial charge in [-0.25, -0.2) is 4.98 Å². The van der Waals surface area contributed by atoms with Gasteiger partial charge in [-0.15, -0.1) is 0 Å². The average molecular weight is 423 g/mol. The Balaban J connectivity index is 2.67. The second kappa shape index (κ2) is 8.09. The molecular formula is C16H15F6N5O2. The van der Waals surface area contributed by atoms with Crippen LogP contribution in [-0.4, -0.2) is 39.4 Å². The smallest absolute Gasteiger partial charge is 0.434 e. The number of hydrogen-bond donors (Lipinski definition) is 0. The number of allylic oxidation sites excluding steroid dienone is 1. The van der Waals surface area contributed by atoms with Gasteiger partial charge in [0.25, 0.3) is 5.56 Å². The third-order valence-corrected chi connectivity index (χ3v) is 3.70. The van der Waals surface area contributed by atoms with Gasteiger partial charge < -0.3 is 4.74 Å². The topological polar surface area (TPSA) is 74.3 Å². The van der Waals surface area contributed by atoms with Crippen molar-refractivity contribution in [3.63, 3.8) is 0 Å². The average Bonchev–Trinajstić information content (AvgIpc) is 3.07. The summed E-state index contributed by atoms with van der Waals surface area (Å²) in [5, 5.41) is 6.99. The maximum atomic E-state index is 13.6. The number of halogens is 6. The molecule has 0 fully saturated rings. The lowest BCUT2D eigenvalue weighted by molar-refractivity contribution is -0.141. The molecule has 7 nitrogen and oxygen atoms in total. The maximum absolute atomic E-state index is 13.6. The van der Waals surface area contributed by atoms with E-state index < -0.39 is 48.0 Å². The van der Waals surface area contributed by atoms with Crippen LogP contribution in [0.2, 0.25) is 0 Å². The molecule has 0 saturated heterocycles. The predicted molar refractivity (Wildman–Crippen MR) is 91.0 cm³/mol. The number of aromatic nitrogens is 4. The van der Waals surface area contributed by atoms with Crippen LogP contribution in [0.4, 0.5) is 26.3 Å². The summed E-state index contributed by atoms with van der Waals surface area (Å²) in [6.45, 7) is 3.95. The molecule has 2 rings (SSSR count). The van der Waals surface area contributed by atoms with E-state index in [1.807, 2.05) is 0 Å². The van der Waals surface area contributed by atoms with Crippen molar-refractivity contribution in [2.75, 3.05) is 7.11 Å². The predicted octanol–water partition coefficient (Wildman–Crippen LogP) is 3.55. The van der Waals surface area contributed by atoms with Crippen LogP contribution in [-0.2, 0) is 17.5 Å². The monoisotopic (exact) mass is 423 g/mol. The summed E-state index contributed by atoms with van der Waals surface area (Å²) >= 11 is 0. The molecule has 0 N–H and O–H groups in total. The van der Waals surface area contributed by atoms with Gasteiger partial charge in [-0.3, -0.25) is 9.48 Å². The highest BCUT2D eigenvalue weighted by atomic mass is 19.4. The zero-order valence-electron chi connectivity index (χ0n) is 15.2. The Morgan fingerprint density at radius 3 is 2.48 bits per heavy atom. The third-order valence-electron chi connectivity index (χ3n) is 3.70. The van der Waals surface area contributed by atoms with Crippen LogP contribution in [0, 0.1) is 0 Å². The van der Waals surface area contributed by atoms with Gasteiger partial charge in [0, 0.05) is 31.1 Å². The number of ether oxygens (including phenoxy) is 1. The first kappa shape index (κ1) is 22.2. The molecular weight excluding hydrogens is 408 g/mol. The fourth-order valence-corrected chi connectivity index (χ4v) is 2.32. The zero-order valence-corrected chi connectivity index (χ0v) is 15.2. The van der Waals surface area contributed by atoms with Gasteiger partial charge in [0.15, 0.2) is 11.5 Å². The van der Waals surface area contributed by atoms with E-state index in [-0.39, 0.29) is 11.3 Å². The summed E-state index contributed by atoms with van der Waals surface area (Å²) < 4.78 is 83.9. The third kappa shape index (κ3) is 5.23. The highest BCUT2D eigenvalue weighted by molar-refractivity contribution is 5.65. The fourth-order valence-electron chi connectivity index (χ4n) is 2.32. The van der Waals surface area contributed by atoms with Crippen molar-refractivity contribution in [1.29, 1.82) is 0 Å². The number of rotatable bonds is 6. The molecule has 158 valence electrons. The second-order valence-electron chi connectivity index (χ2n) is 5.77. The Morgan fingerprint density at radius 2 is 1.97 bits per heavy atom. The van der Waals surface area contributed by atoms with E-state index in [2.05, 4.69) is 21.9 Å². The molecule has 0 radical (unpaired) electrons. The van der Waals surface area contributed by atoms with E-state index in [9.17, 15) is 31.1 Å². The van der Waals surface area contributed by atoms with Crippen molar-refractivity contribution in [2.24, 2.45) is 5.10 Å². The largest absolute Gasteiger partial charge is 0.501 e. The summed E-state index contributed by atoms with van der Waals surface area (Å²) in [5.74, 6) is -0.333. The van der Waals surface area contributed by atoms with Crippen molar-refractivity contribution in [3.05, 3.63) is 40.0 Å². The second-order valence-corrected chi connectivity index (χ2v) is 5.77. The Morgan fingerprint density at radius 1 is 1.31 bits per heavy atom. The SMILES string of the molecule is C=Nn1c(/C=C(\C)OC)nc(C(F)(F)F)c(-c2cnn(CCC(F)(F)F)c2)c1=O. The summed E-state index contributed by atoms with van der Waals surface area (Å²) in [7, 11) is 1.27. The van der Waals surface area contributed by atoms with Gasteiger partial charge in [0.05, 0.1) is 31.1 Å². The number of nitrogens with zero attached hydrogens (tertiary/aromatic N) is 5. The summed E-state index contributed by atoms with van der Waals surface area (Å²) in [4.78, 5) is 16.2. The molecule has 0 bridgehead atoms. The molecule has 0 aliphatic carbocycles. The van der Waals surface area contributed by atoms with Crippen LogP contribution < -0.4 is 5.56 Å². The zero-order chi connectivity index (χ0) is 22.0. The van der Waals surface area contributed by atoms with E-state index in [1.165, 1.54) is 14.0 Å². The highest BCUT2D eigenvalue weighted by Crippen LogP contribution is 2.34. The Bertz CT molecular complexity index is 987. The van der Waals surface area contributed by atoms with E-state index in [0.717, 1.165) is 23.2 Å². The van der Waals surface area contributed by atoms with E-state index in [1.54, 1.807) is 0 Å². The van der Waals surface area contributed by atoms with Crippen molar-refractivity contribution in [2.45, 2.75) is 32.2 Å². The molecule has 0 aromatic carbocycles. The summed E-state index contributed by atoms with van der Waals surface area (Å²) in [6.07, 6.45) is -7.93. The molecule has 0 amide bonds.